The Hall–Kier alpha value is -3.35. The summed E-state index contributed by atoms with van der Waals surface area (Å²) in [5.41, 5.74) is 1.47. The number of hydrogen-bond acceptors (Lipinski definition) is 4. The number of rotatable bonds is 6. The van der Waals surface area contributed by atoms with Crippen LogP contribution in [0.1, 0.15) is 15.9 Å². The summed E-state index contributed by atoms with van der Waals surface area (Å²) in [6.45, 7) is 0.301. The Labute approximate surface area is 149 Å². The molecule has 0 unspecified atom stereocenters. The van der Waals surface area contributed by atoms with Crippen LogP contribution in [0.4, 0.5) is 20.4 Å². The van der Waals surface area contributed by atoms with E-state index in [2.05, 4.69) is 20.6 Å². The Morgan fingerprint density at radius 3 is 2.35 bits per heavy atom. The van der Waals surface area contributed by atoms with Crippen molar-refractivity contribution in [1.29, 1.82) is 0 Å². The number of benzene rings is 2. The van der Waals surface area contributed by atoms with Gasteiger partial charge in [-0.2, -0.15) is 0 Å². The average molecular weight is 354 g/mol. The number of carbonyl (C=O) groups excluding carboxylic acids is 1. The van der Waals surface area contributed by atoms with E-state index in [4.69, 9.17) is 0 Å². The van der Waals surface area contributed by atoms with E-state index < -0.39 is 0 Å². The molecule has 26 heavy (non-hydrogen) atoms. The standard InChI is InChI=1S/C19H16F2N4O/c20-15-5-7-16(8-6-15)25-19-23-11-14(12-24-19)18(26)22-10-9-13-3-1-2-4-17(13)21/h1-8,11-12H,9-10H2,(H,22,26)(H,23,24,25). The fraction of sp³-hybridized carbons (Fsp3) is 0.105. The van der Waals surface area contributed by atoms with Crippen LogP contribution in [0.5, 0.6) is 0 Å². The van der Waals surface area contributed by atoms with Gasteiger partial charge in [0.2, 0.25) is 5.95 Å². The summed E-state index contributed by atoms with van der Waals surface area (Å²) in [4.78, 5) is 20.2. The molecule has 0 bridgehead atoms. The molecule has 3 rings (SSSR count). The number of aromatic nitrogens is 2. The van der Waals surface area contributed by atoms with Crippen LogP contribution in [0.25, 0.3) is 0 Å². The molecule has 0 fully saturated rings. The summed E-state index contributed by atoms with van der Waals surface area (Å²) < 4.78 is 26.4. The third-order valence-corrected chi connectivity index (χ3v) is 3.65. The Morgan fingerprint density at radius 2 is 1.65 bits per heavy atom. The highest BCUT2D eigenvalue weighted by Crippen LogP contribution is 2.13. The van der Waals surface area contributed by atoms with Gasteiger partial charge in [-0.25, -0.2) is 18.7 Å². The molecule has 0 saturated carbocycles. The first kappa shape index (κ1) is 17.5. The van der Waals surface area contributed by atoms with Crippen molar-refractivity contribution < 1.29 is 13.6 Å². The van der Waals surface area contributed by atoms with Crippen LogP contribution in [-0.2, 0) is 6.42 Å². The molecule has 0 aliphatic heterocycles. The zero-order chi connectivity index (χ0) is 18.4. The van der Waals surface area contributed by atoms with Gasteiger partial charge in [0.25, 0.3) is 5.91 Å². The molecule has 3 aromatic rings. The molecule has 1 aromatic heterocycles. The summed E-state index contributed by atoms with van der Waals surface area (Å²) in [5.74, 6) is -0.672. The van der Waals surface area contributed by atoms with Gasteiger partial charge >= 0.3 is 0 Å². The van der Waals surface area contributed by atoms with Crippen molar-refractivity contribution in [3.8, 4) is 0 Å². The van der Waals surface area contributed by atoms with Gasteiger partial charge in [-0.15, -0.1) is 0 Å². The van der Waals surface area contributed by atoms with Crippen LogP contribution in [0.3, 0.4) is 0 Å². The fourth-order valence-corrected chi connectivity index (χ4v) is 2.29. The van der Waals surface area contributed by atoms with Gasteiger partial charge in [-0.1, -0.05) is 18.2 Å². The van der Waals surface area contributed by atoms with Gasteiger partial charge in [-0.3, -0.25) is 4.79 Å². The number of carbonyl (C=O) groups is 1. The molecule has 0 atom stereocenters. The predicted molar refractivity (Wildman–Crippen MR) is 94.2 cm³/mol. The second-order valence-corrected chi connectivity index (χ2v) is 5.52. The number of amides is 1. The monoisotopic (exact) mass is 354 g/mol. The van der Waals surface area contributed by atoms with Gasteiger partial charge in [0.05, 0.1) is 5.56 Å². The first-order valence-electron chi connectivity index (χ1n) is 7.98. The molecule has 2 aromatic carbocycles. The van der Waals surface area contributed by atoms with E-state index in [1.165, 1.54) is 30.6 Å². The number of nitrogens with zero attached hydrogens (tertiary/aromatic N) is 2. The maximum atomic E-state index is 13.5. The summed E-state index contributed by atoms with van der Waals surface area (Å²) in [6.07, 6.45) is 3.16. The lowest BCUT2D eigenvalue weighted by Gasteiger charge is -2.07. The molecule has 0 saturated heterocycles. The van der Waals surface area contributed by atoms with Crippen molar-refractivity contribution in [3.05, 3.63) is 83.7 Å². The van der Waals surface area contributed by atoms with Crippen molar-refractivity contribution in [2.75, 3.05) is 11.9 Å². The third-order valence-electron chi connectivity index (χ3n) is 3.65. The topological polar surface area (TPSA) is 66.9 Å². The van der Waals surface area contributed by atoms with Gasteiger partial charge in [-0.05, 0) is 42.3 Å². The zero-order valence-electron chi connectivity index (χ0n) is 13.7. The van der Waals surface area contributed by atoms with E-state index >= 15 is 0 Å². The molecule has 7 heteroatoms. The average Bonchev–Trinajstić information content (AvgIpc) is 2.66. The number of anilines is 2. The maximum Gasteiger partial charge on any atom is 0.254 e. The van der Waals surface area contributed by atoms with E-state index in [1.807, 2.05) is 0 Å². The Bertz CT molecular complexity index is 883. The third kappa shape index (κ3) is 4.60. The van der Waals surface area contributed by atoms with Crippen LogP contribution in [0.15, 0.2) is 60.9 Å². The van der Waals surface area contributed by atoms with Crippen molar-refractivity contribution in [3.63, 3.8) is 0 Å². The summed E-state index contributed by atoms with van der Waals surface area (Å²) >= 11 is 0. The Morgan fingerprint density at radius 1 is 0.962 bits per heavy atom. The van der Waals surface area contributed by atoms with Gasteiger partial charge in [0.1, 0.15) is 11.6 Å². The highest BCUT2D eigenvalue weighted by Gasteiger charge is 2.08. The van der Waals surface area contributed by atoms with E-state index in [0.29, 0.717) is 35.7 Å². The SMILES string of the molecule is O=C(NCCc1ccccc1F)c1cnc(Nc2ccc(F)cc2)nc1. The van der Waals surface area contributed by atoms with Gasteiger partial charge < -0.3 is 10.6 Å². The van der Waals surface area contributed by atoms with Crippen molar-refractivity contribution in [2.45, 2.75) is 6.42 Å². The molecule has 0 aliphatic carbocycles. The van der Waals surface area contributed by atoms with E-state index in [1.54, 1.807) is 30.3 Å². The first-order valence-corrected chi connectivity index (χ1v) is 7.98. The number of hydrogen-bond donors (Lipinski definition) is 2. The van der Waals surface area contributed by atoms with Crippen LogP contribution in [-0.4, -0.2) is 22.4 Å². The minimum Gasteiger partial charge on any atom is -0.352 e. The molecule has 132 valence electrons. The molecule has 1 amide bonds. The first-order chi connectivity index (χ1) is 12.6. The molecule has 2 N–H and O–H groups in total. The van der Waals surface area contributed by atoms with Gasteiger partial charge in [0.15, 0.2) is 0 Å². The minimum atomic E-state index is -0.338. The van der Waals surface area contributed by atoms with E-state index in [0.717, 1.165) is 0 Å². The van der Waals surface area contributed by atoms with E-state index in [-0.39, 0.29) is 17.5 Å². The van der Waals surface area contributed by atoms with Crippen molar-refractivity contribution >= 4 is 17.5 Å². The molecule has 0 radical (unpaired) electrons. The number of nitrogens with one attached hydrogen (secondary N) is 2. The van der Waals surface area contributed by atoms with E-state index in [9.17, 15) is 13.6 Å². The molecule has 1 heterocycles. The van der Waals surface area contributed by atoms with Crippen LogP contribution >= 0.6 is 0 Å². The quantitative estimate of drug-likeness (QED) is 0.711. The normalized spacial score (nSPS) is 10.4. The summed E-state index contributed by atoms with van der Waals surface area (Å²) in [7, 11) is 0. The Kier molecular flexibility index (Phi) is 5.48. The molecule has 5 nitrogen and oxygen atoms in total. The second-order valence-electron chi connectivity index (χ2n) is 5.52. The molecule has 0 spiro atoms. The van der Waals surface area contributed by atoms with Crippen LogP contribution in [0, 0.1) is 11.6 Å². The minimum absolute atomic E-state index is 0.290. The molecule has 0 aliphatic rings. The van der Waals surface area contributed by atoms with Crippen LogP contribution < -0.4 is 10.6 Å². The second kappa shape index (κ2) is 8.15. The summed E-state index contributed by atoms with van der Waals surface area (Å²) in [6, 6.07) is 12.2. The lowest BCUT2D eigenvalue weighted by Crippen LogP contribution is -2.26. The smallest absolute Gasteiger partial charge is 0.254 e. The lowest BCUT2D eigenvalue weighted by molar-refractivity contribution is 0.0953. The lowest BCUT2D eigenvalue weighted by atomic mass is 10.1. The zero-order valence-corrected chi connectivity index (χ0v) is 13.7. The largest absolute Gasteiger partial charge is 0.352 e. The Balaban J connectivity index is 1.53. The highest BCUT2D eigenvalue weighted by molar-refractivity contribution is 5.93. The van der Waals surface area contributed by atoms with Crippen molar-refractivity contribution in [2.24, 2.45) is 0 Å². The molecular weight excluding hydrogens is 338 g/mol. The molecular formula is C19H16F2N4O. The van der Waals surface area contributed by atoms with Crippen LogP contribution in [0.2, 0.25) is 0 Å². The van der Waals surface area contributed by atoms with Crippen molar-refractivity contribution in [1.82, 2.24) is 15.3 Å². The van der Waals surface area contributed by atoms with Gasteiger partial charge in [0, 0.05) is 24.6 Å². The predicted octanol–water partition coefficient (Wildman–Crippen LogP) is 3.47. The maximum absolute atomic E-state index is 13.5. The number of halogens is 2. The fourth-order valence-electron chi connectivity index (χ4n) is 2.29. The summed E-state index contributed by atoms with van der Waals surface area (Å²) in [5, 5.41) is 5.61. The highest BCUT2D eigenvalue weighted by atomic mass is 19.1.